The molecular weight excluding hydrogens is 250 g/mol. The van der Waals surface area contributed by atoms with Gasteiger partial charge in [0.25, 0.3) is 0 Å². The normalized spacial score (nSPS) is 11.0. The number of hydrogen-bond donors (Lipinski definition) is 0. The standard InChI is InChI=1S/C12H18ClN5/c1-2-6-17-10-14-7-12(17)9-18-8-11(15-16-18)4-3-5-13/h7-8,10H,2-6,9H2,1H3. The maximum Gasteiger partial charge on any atom is 0.0948 e. The molecule has 0 aliphatic heterocycles. The molecule has 18 heavy (non-hydrogen) atoms. The van der Waals surface area contributed by atoms with Crippen LogP contribution >= 0.6 is 11.6 Å². The monoisotopic (exact) mass is 267 g/mol. The Bertz CT molecular complexity index is 476. The van der Waals surface area contributed by atoms with E-state index in [1.54, 1.807) is 0 Å². The van der Waals surface area contributed by atoms with Crippen LogP contribution in [0.2, 0.25) is 0 Å². The summed E-state index contributed by atoms with van der Waals surface area (Å²) < 4.78 is 4.01. The molecule has 0 N–H and O–H groups in total. The lowest BCUT2D eigenvalue weighted by atomic mass is 10.3. The Kier molecular flexibility index (Phi) is 4.75. The molecule has 0 aromatic carbocycles. The average molecular weight is 268 g/mol. The quantitative estimate of drug-likeness (QED) is 0.722. The summed E-state index contributed by atoms with van der Waals surface area (Å²) in [6.07, 6.45) is 8.66. The number of aryl methyl sites for hydroxylation is 2. The van der Waals surface area contributed by atoms with Gasteiger partial charge in [0.15, 0.2) is 0 Å². The van der Waals surface area contributed by atoms with Gasteiger partial charge in [-0.25, -0.2) is 9.67 Å². The van der Waals surface area contributed by atoms with Crippen molar-refractivity contribution in [3.8, 4) is 0 Å². The SMILES string of the molecule is CCCn1cncc1Cn1cc(CCCCl)nn1. The first-order valence-corrected chi connectivity index (χ1v) is 6.81. The molecule has 0 aliphatic carbocycles. The molecule has 2 aromatic rings. The van der Waals surface area contributed by atoms with Gasteiger partial charge in [-0.05, 0) is 19.3 Å². The minimum absolute atomic E-state index is 0.663. The first-order valence-electron chi connectivity index (χ1n) is 6.27. The molecule has 0 radical (unpaired) electrons. The molecular formula is C12H18ClN5. The molecule has 0 saturated heterocycles. The van der Waals surface area contributed by atoms with Gasteiger partial charge in [-0.2, -0.15) is 0 Å². The second-order valence-corrected chi connectivity index (χ2v) is 4.66. The van der Waals surface area contributed by atoms with Crippen LogP contribution in [0.3, 0.4) is 0 Å². The third kappa shape index (κ3) is 3.32. The zero-order valence-corrected chi connectivity index (χ0v) is 11.3. The molecule has 0 atom stereocenters. The summed E-state index contributed by atoms with van der Waals surface area (Å²) in [4.78, 5) is 4.18. The molecule has 0 bridgehead atoms. The van der Waals surface area contributed by atoms with Gasteiger partial charge in [0, 0.05) is 18.6 Å². The average Bonchev–Trinajstić information content (AvgIpc) is 2.98. The maximum atomic E-state index is 5.66. The van der Waals surface area contributed by atoms with Crippen LogP contribution < -0.4 is 0 Å². The van der Waals surface area contributed by atoms with Crippen molar-refractivity contribution < 1.29 is 0 Å². The van der Waals surface area contributed by atoms with Crippen molar-refractivity contribution in [3.05, 3.63) is 30.1 Å². The van der Waals surface area contributed by atoms with Crippen molar-refractivity contribution in [2.75, 3.05) is 5.88 Å². The Morgan fingerprint density at radius 2 is 2.28 bits per heavy atom. The summed E-state index contributed by atoms with van der Waals surface area (Å²) in [7, 11) is 0. The van der Waals surface area contributed by atoms with E-state index in [0.717, 1.165) is 37.2 Å². The van der Waals surface area contributed by atoms with Crippen molar-refractivity contribution in [2.45, 2.75) is 39.3 Å². The van der Waals surface area contributed by atoms with Crippen LogP contribution in [0.1, 0.15) is 31.2 Å². The first kappa shape index (κ1) is 13.1. The molecule has 0 amide bonds. The molecule has 98 valence electrons. The van der Waals surface area contributed by atoms with E-state index < -0.39 is 0 Å². The van der Waals surface area contributed by atoms with Gasteiger partial charge in [-0.1, -0.05) is 12.1 Å². The van der Waals surface area contributed by atoms with E-state index in [-0.39, 0.29) is 0 Å². The smallest absolute Gasteiger partial charge is 0.0948 e. The lowest BCUT2D eigenvalue weighted by Crippen LogP contribution is -2.07. The minimum Gasteiger partial charge on any atom is -0.333 e. The molecule has 2 aromatic heterocycles. The summed E-state index contributed by atoms with van der Waals surface area (Å²) in [5, 5.41) is 8.26. The topological polar surface area (TPSA) is 48.5 Å². The Morgan fingerprint density at radius 1 is 1.39 bits per heavy atom. The van der Waals surface area contributed by atoms with E-state index in [4.69, 9.17) is 11.6 Å². The van der Waals surface area contributed by atoms with Crippen LogP contribution in [0.25, 0.3) is 0 Å². The van der Waals surface area contributed by atoms with E-state index in [2.05, 4.69) is 26.8 Å². The Morgan fingerprint density at radius 3 is 3.06 bits per heavy atom. The Hall–Kier alpha value is -1.36. The zero-order chi connectivity index (χ0) is 12.8. The fourth-order valence-electron chi connectivity index (χ4n) is 1.87. The largest absolute Gasteiger partial charge is 0.333 e. The van der Waals surface area contributed by atoms with Crippen LogP contribution in [-0.2, 0) is 19.5 Å². The van der Waals surface area contributed by atoms with Crippen molar-refractivity contribution >= 4 is 11.6 Å². The van der Waals surface area contributed by atoms with E-state index in [1.807, 2.05) is 23.4 Å². The number of imidazole rings is 1. The van der Waals surface area contributed by atoms with Crippen LogP contribution in [0.15, 0.2) is 18.7 Å². The molecule has 0 spiro atoms. The number of rotatable bonds is 7. The first-order chi connectivity index (χ1) is 8.83. The number of nitrogens with zero attached hydrogens (tertiary/aromatic N) is 5. The maximum absolute atomic E-state index is 5.66. The van der Waals surface area contributed by atoms with Crippen LogP contribution in [0.5, 0.6) is 0 Å². The van der Waals surface area contributed by atoms with Gasteiger partial charge >= 0.3 is 0 Å². The molecule has 2 rings (SSSR count). The van der Waals surface area contributed by atoms with Gasteiger partial charge in [0.2, 0.25) is 0 Å². The lowest BCUT2D eigenvalue weighted by Gasteiger charge is -2.05. The fraction of sp³-hybridized carbons (Fsp3) is 0.583. The van der Waals surface area contributed by atoms with Gasteiger partial charge in [0.05, 0.1) is 30.5 Å². The summed E-state index contributed by atoms with van der Waals surface area (Å²) >= 11 is 5.66. The number of halogens is 1. The predicted octanol–water partition coefficient (Wildman–Crippen LogP) is 2.10. The highest BCUT2D eigenvalue weighted by Crippen LogP contribution is 2.05. The van der Waals surface area contributed by atoms with Crippen molar-refractivity contribution in [2.24, 2.45) is 0 Å². The Labute approximate surface area is 112 Å². The lowest BCUT2D eigenvalue weighted by molar-refractivity contribution is 0.583. The molecule has 0 aliphatic rings. The number of aromatic nitrogens is 5. The second kappa shape index (κ2) is 6.54. The summed E-state index contributed by atoms with van der Waals surface area (Å²) in [5.41, 5.74) is 2.16. The molecule has 5 nitrogen and oxygen atoms in total. The van der Waals surface area contributed by atoms with Gasteiger partial charge in [-0.3, -0.25) is 0 Å². The molecule has 0 saturated carbocycles. The number of hydrogen-bond acceptors (Lipinski definition) is 3. The minimum atomic E-state index is 0.663. The summed E-state index contributed by atoms with van der Waals surface area (Å²) in [5.74, 6) is 0.663. The third-order valence-electron chi connectivity index (χ3n) is 2.74. The van der Waals surface area contributed by atoms with Crippen LogP contribution in [-0.4, -0.2) is 30.4 Å². The van der Waals surface area contributed by atoms with Gasteiger partial charge in [0.1, 0.15) is 0 Å². The van der Waals surface area contributed by atoms with E-state index in [1.165, 1.54) is 0 Å². The van der Waals surface area contributed by atoms with E-state index in [0.29, 0.717) is 12.4 Å². The second-order valence-electron chi connectivity index (χ2n) is 4.28. The Balaban J connectivity index is 1.99. The van der Waals surface area contributed by atoms with Crippen LogP contribution in [0.4, 0.5) is 0 Å². The van der Waals surface area contributed by atoms with Crippen LogP contribution in [0, 0.1) is 0 Å². The fourth-order valence-corrected chi connectivity index (χ4v) is 2.00. The highest BCUT2D eigenvalue weighted by atomic mass is 35.5. The summed E-state index contributed by atoms with van der Waals surface area (Å²) in [6.45, 7) is 3.86. The van der Waals surface area contributed by atoms with Gasteiger partial charge in [-0.15, -0.1) is 16.7 Å². The zero-order valence-electron chi connectivity index (χ0n) is 10.6. The highest BCUT2D eigenvalue weighted by molar-refractivity contribution is 6.17. The summed E-state index contributed by atoms with van der Waals surface area (Å²) in [6, 6.07) is 0. The van der Waals surface area contributed by atoms with E-state index >= 15 is 0 Å². The number of alkyl halides is 1. The molecule has 0 fully saturated rings. The van der Waals surface area contributed by atoms with Gasteiger partial charge < -0.3 is 4.57 Å². The molecule has 2 heterocycles. The predicted molar refractivity (Wildman–Crippen MR) is 70.7 cm³/mol. The molecule has 6 heteroatoms. The van der Waals surface area contributed by atoms with Crippen molar-refractivity contribution in [1.82, 2.24) is 24.5 Å². The molecule has 0 unspecified atom stereocenters. The van der Waals surface area contributed by atoms with Crippen molar-refractivity contribution in [3.63, 3.8) is 0 Å². The van der Waals surface area contributed by atoms with Crippen molar-refractivity contribution in [1.29, 1.82) is 0 Å². The van der Waals surface area contributed by atoms with E-state index in [9.17, 15) is 0 Å². The third-order valence-corrected chi connectivity index (χ3v) is 3.01. The highest BCUT2D eigenvalue weighted by Gasteiger charge is 2.05.